The molecule has 0 atom stereocenters. The smallest absolute Gasteiger partial charge is 0.255 e. The van der Waals surface area contributed by atoms with Gasteiger partial charge in [0.25, 0.3) is 5.56 Å². The number of hydrogen-bond donors (Lipinski definition) is 2. The molecular weight excluding hydrogens is 427 g/mol. The van der Waals surface area contributed by atoms with Crippen LogP contribution in [0.4, 0.5) is 5.69 Å². The fourth-order valence-electron chi connectivity index (χ4n) is 3.15. The van der Waals surface area contributed by atoms with E-state index in [1.54, 1.807) is 11.6 Å². The number of nitrogens with two attached hydrogens (primary N) is 1. The third kappa shape index (κ3) is 4.42. The molecule has 6 heteroatoms. The number of anilines is 1. The maximum absolute atomic E-state index is 12.2. The van der Waals surface area contributed by atoms with Crippen molar-refractivity contribution < 1.29 is 0 Å². The number of benzene rings is 1. The average Bonchev–Trinajstić information content (AvgIpc) is 2.59. The van der Waals surface area contributed by atoms with Crippen LogP contribution in [0.25, 0.3) is 0 Å². The highest BCUT2D eigenvalue weighted by Gasteiger charge is 2.13. The first-order valence-electron chi connectivity index (χ1n) is 8.39. The van der Waals surface area contributed by atoms with E-state index in [1.807, 2.05) is 25.1 Å². The molecule has 3 N–H and O–H groups in total. The summed E-state index contributed by atoms with van der Waals surface area (Å²) in [5, 5.41) is 3.20. The van der Waals surface area contributed by atoms with Crippen molar-refractivity contribution in [1.82, 2.24) is 4.57 Å². The molecule has 0 unspecified atom stereocenters. The molecule has 2 aromatic rings. The first-order chi connectivity index (χ1) is 11.6. The molecular formula is C19H25IN4O. The topological polar surface area (TPSA) is 72.4 Å². The molecule has 0 bridgehead atoms. The highest BCUT2D eigenvalue weighted by Crippen LogP contribution is 2.27. The second kappa shape index (κ2) is 8.51. The van der Waals surface area contributed by atoms with E-state index in [9.17, 15) is 4.79 Å². The first-order valence-corrected chi connectivity index (χ1v) is 8.39. The van der Waals surface area contributed by atoms with Gasteiger partial charge in [0.2, 0.25) is 0 Å². The summed E-state index contributed by atoms with van der Waals surface area (Å²) in [5.41, 5.74) is 11.3. The van der Waals surface area contributed by atoms with Gasteiger partial charge < -0.3 is 15.6 Å². The molecule has 0 amide bonds. The highest BCUT2D eigenvalue weighted by molar-refractivity contribution is 14.0. The van der Waals surface area contributed by atoms with Gasteiger partial charge in [-0.1, -0.05) is 12.1 Å². The van der Waals surface area contributed by atoms with Crippen LogP contribution >= 0.6 is 24.0 Å². The number of nitrogens with zero attached hydrogens (tertiary/aromatic N) is 2. The number of rotatable bonds is 3. The molecule has 3 rings (SSSR count). The van der Waals surface area contributed by atoms with Gasteiger partial charge >= 0.3 is 0 Å². The maximum Gasteiger partial charge on any atom is 0.255 e. The zero-order valence-electron chi connectivity index (χ0n) is 14.7. The highest BCUT2D eigenvalue weighted by atomic mass is 127. The van der Waals surface area contributed by atoms with Crippen LogP contribution in [-0.2, 0) is 26.4 Å². The van der Waals surface area contributed by atoms with E-state index < -0.39 is 0 Å². The van der Waals surface area contributed by atoms with Crippen LogP contribution in [0.1, 0.15) is 35.2 Å². The molecule has 0 spiro atoms. The molecule has 25 heavy (non-hydrogen) atoms. The van der Waals surface area contributed by atoms with Crippen molar-refractivity contribution in [1.29, 1.82) is 0 Å². The minimum atomic E-state index is -0.0244. The molecule has 1 aromatic heterocycles. The summed E-state index contributed by atoms with van der Waals surface area (Å²) < 4.78 is 1.63. The SMILES string of the molecule is Cc1ccc(CN=C(N)Nc2cccc3c2CCCC3)c(=O)n1C.I. The predicted molar refractivity (Wildman–Crippen MR) is 114 cm³/mol. The standard InChI is InChI=1S/C19H24N4O.HI/c1-13-10-11-15(18(24)23(13)2)12-21-19(20)22-17-9-5-7-14-6-3-4-8-16(14)17;/h5,7,9-11H,3-4,6,8,12H2,1-2H3,(H3,20,21,22);1H. The van der Waals surface area contributed by atoms with Gasteiger partial charge in [-0.25, -0.2) is 4.99 Å². The monoisotopic (exact) mass is 452 g/mol. The van der Waals surface area contributed by atoms with Crippen LogP contribution in [0.5, 0.6) is 0 Å². The lowest BCUT2D eigenvalue weighted by Crippen LogP contribution is -2.26. The summed E-state index contributed by atoms with van der Waals surface area (Å²) >= 11 is 0. The van der Waals surface area contributed by atoms with Crippen molar-refractivity contribution in [3.63, 3.8) is 0 Å². The number of aromatic nitrogens is 1. The van der Waals surface area contributed by atoms with Crippen LogP contribution in [0.2, 0.25) is 0 Å². The van der Waals surface area contributed by atoms with Crippen molar-refractivity contribution in [2.45, 2.75) is 39.2 Å². The Kier molecular flexibility index (Phi) is 6.64. The largest absolute Gasteiger partial charge is 0.370 e. The summed E-state index contributed by atoms with van der Waals surface area (Å²) in [6.45, 7) is 2.18. The number of pyridine rings is 1. The number of nitrogens with one attached hydrogen (secondary N) is 1. The zero-order chi connectivity index (χ0) is 17.1. The Labute approximate surface area is 165 Å². The Morgan fingerprint density at radius 1 is 1.24 bits per heavy atom. The molecule has 0 saturated carbocycles. The fraction of sp³-hybridized carbons (Fsp3) is 0.368. The minimum Gasteiger partial charge on any atom is -0.370 e. The number of hydrogen-bond acceptors (Lipinski definition) is 2. The van der Waals surface area contributed by atoms with E-state index in [2.05, 4.69) is 22.4 Å². The van der Waals surface area contributed by atoms with Gasteiger partial charge in [0, 0.05) is 24.0 Å². The Balaban J connectivity index is 0.00000225. The van der Waals surface area contributed by atoms with Crippen LogP contribution in [-0.4, -0.2) is 10.5 Å². The summed E-state index contributed by atoms with van der Waals surface area (Å²) in [6.07, 6.45) is 4.66. The van der Waals surface area contributed by atoms with Crippen molar-refractivity contribution in [3.8, 4) is 0 Å². The molecule has 5 nitrogen and oxygen atoms in total. The molecule has 1 aromatic carbocycles. The number of aliphatic imine (C=N–C) groups is 1. The van der Waals surface area contributed by atoms with Crippen LogP contribution in [0, 0.1) is 6.92 Å². The van der Waals surface area contributed by atoms with Gasteiger partial charge in [0.1, 0.15) is 0 Å². The van der Waals surface area contributed by atoms with Crippen LogP contribution < -0.4 is 16.6 Å². The predicted octanol–water partition coefficient (Wildman–Crippen LogP) is 3.12. The van der Waals surface area contributed by atoms with Gasteiger partial charge in [0.05, 0.1) is 6.54 Å². The van der Waals surface area contributed by atoms with Crippen LogP contribution in [0.3, 0.4) is 0 Å². The van der Waals surface area contributed by atoms with Gasteiger partial charge in [-0.2, -0.15) is 0 Å². The van der Waals surface area contributed by atoms with E-state index >= 15 is 0 Å². The molecule has 134 valence electrons. The number of aryl methyl sites for hydroxylation is 2. The third-order valence-corrected chi connectivity index (χ3v) is 4.71. The average molecular weight is 452 g/mol. The lowest BCUT2D eigenvalue weighted by molar-refractivity contribution is 0.687. The van der Waals surface area contributed by atoms with E-state index in [0.29, 0.717) is 11.5 Å². The molecule has 1 heterocycles. The molecule has 1 aliphatic carbocycles. The first kappa shape index (κ1) is 19.5. The van der Waals surface area contributed by atoms with E-state index in [-0.39, 0.29) is 36.1 Å². The van der Waals surface area contributed by atoms with E-state index in [1.165, 1.54) is 24.0 Å². The third-order valence-electron chi connectivity index (χ3n) is 4.71. The zero-order valence-corrected chi connectivity index (χ0v) is 17.0. The van der Waals surface area contributed by atoms with Crippen molar-refractivity contribution >= 4 is 35.6 Å². The summed E-state index contributed by atoms with van der Waals surface area (Å²) in [4.78, 5) is 16.5. The minimum absolute atomic E-state index is 0. The van der Waals surface area contributed by atoms with Crippen molar-refractivity contribution in [2.24, 2.45) is 17.8 Å². The number of halogens is 1. The number of guanidine groups is 1. The normalized spacial score (nSPS) is 13.8. The molecule has 1 aliphatic rings. The maximum atomic E-state index is 12.2. The second-order valence-corrected chi connectivity index (χ2v) is 6.34. The van der Waals surface area contributed by atoms with Gasteiger partial charge in [-0.15, -0.1) is 24.0 Å². The van der Waals surface area contributed by atoms with Crippen LogP contribution in [0.15, 0.2) is 40.1 Å². The number of fused-ring (bicyclic) bond motifs is 1. The Hall–Kier alpha value is -1.83. The molecule has 0 saturated heterocycles. The lowest BCUT2D eigenvalue weighted by atomic mass is 9.90. The van der Waals surface area contributed by atoms with Gasteiger partial charge in [-0.3, -0.25) is 4.79 Å². The Bertz CT molecular complexity index is 842. The lowest BCUT2D eigenvalue weighted by Gasteiger charge is -2.19. The molecule has 0 radical (unpaired) electrons. The van der Waals surface area contributed by atoms with Crippen molar-refractivity contribution in [2.75, 3.05) is 5.32 Å². The van der Waals surface area contributed by atoms with Gasteiger partial charge in [0.15, 0.2) is 5.96 Å². The quantitative estimate of drug-likeness (QED) is 0.427. The molecule has 0 aliphatic heterocycles. The Morgan fingerprint density at radius 3 is 2.80 bits per heavy atom. The van der Waals surface area contributed by atoms with E-state index in [0.717, 1.165) is 24.2 Å². The fourth-order valence-corrected chi connectivity index (χ4v) is 3.15. The second-order valence-electron chi connectivity index (χ2n) is 6.34. The summed E-state index contributed by atoms with van der Waals surface area (Å²) in [5.74, 6) is 0.344. The van der Waals surface area contributed by atoms with E-state index in [4.69, 9.17) is 5.73 Å². The Morgan fingerprint density at radius 2 is 2.00 bits per heavy atom. The summed E-state index contributed by atoms with van der Waals surface area (Å²) in [6, 6.07) is 10.0. The molecule has 0 fully saturated rings. The van der Waals surface area contributed by atoms with Crippen molar-refractivity contribution in [3.05, 3.63) is 63.1 Å². The van der Waals surface area contributed by atoms with Gasteiger partial charge in [-0.05, 0) is 61.9 Å². The summed E-state index contributed by atoms with van der Waals surface area (Å²) in [7, 11) is 1.77.